The van der Waals surface area contributed by atoms with Gasteiger partial charge in [0.25, 0.3) is 0 Å². The van der Waals surface area contributed by atoms with Crippen molar-refractivity contribution in [3.8, 4) is 17.5 Å². The number of aromatic nitrogens is 1. The quantitative estimate of drug-likeness (QED) is 0.673. The van der Waals surface area contributed by atoms with Crippen molar-refractivity contribution in [2.75, 3.05) is 57.1 Å². The van der Waals surface area contributed by atoms with E-state index in [4.69, 9.17) is 4.74 Å². The molecular weight excluding hydrogens is 363 g/mol. The Hall–Kier alpha value is -2.61. The molecule has 28 heavy (non-hydrogen) atoms. The van der Waals surface area contributed by atoms with E-state index in [-0.39, 0.29) is 17.6 Å². The summed E-state index contributed by atoms with van der Waals surface area (Å²) >= 11 is 0. The number of aromatic hydroxyl groups is 2. The SMILES string of the molecule is CNc1c(C)c(O)n(CCCN2CCN(c3cccc(F)c3OC)CC2)c1O. The van der Waals surface area contributed by atoms with Crippen molar-refractivity contribution >= 4 is 11.4 Å². The highest BCUT2D eigenvalue weighted by molar-refractivity contribution is 5.64. The van der Waals surface area contributed by atoms with Gasteiger partial charge in [-0.1, -0.05) is 6.07 Å². The third-order valence-electron chi connectivity index (χ3n) is 5.41. The smallest absolute Gasteiger partial charge is 0.218 e. The number of benzene rings is 1. The molecule has 1 aliphatic rings. The average Bonchev–Trinajstić information content (AvgIpc) is 2.91. The molecule has 154 valence electrons. The van der Waals surface area contributed by atoms with Crippen LogP contribution in [0.15, 0.2) is 18.2 Å². The Morgan fingerprint density at radius 1 is 1.11 bits per heavy atom. The number of anilines is 2. The summed E-state index contributed by atoms with van der Waals surface area (Å²) in [4.78, 5) is 4.48. The topological polar surface area (TPSA) is 73.1 Å². The molecule has 0 bridgehead atoms. The third kappa shape index (κ3) is 3.82. The summed E-state index contributed by atoms with van der Waals surface area (Å²) in [6.07, 6.45) is 0.807. The maximum atomic E-state index is 13.9. The number of nitrogens with zero attached hydrogens (tertiary/aromatic N) is 3. The van der Waals surface area contributed by atoms with E-state index in [2.05, 4.69) is 15.1 Å². The number of halogens is 1. The second-order valence-electron chi connectivity index (χ2n) is 7.02. The lowest BCUT2D eigenvalue weighted by Crippen LogP contribution is -2.46. The van der Waals surface area contributed by atoms with Crippen LogP contribution in [0.3, 0.4) is 0 Å². The molecule has 1 aromatic carbocycles. The number of rotatable bonds is 7. The van der Waals surface area contributed by atoms with E-state index >= 15 is 0 Å². The van der Waals surface area contributed by atoms with Gasteiger partial charge < -0.3 is 25.2 Å². The number of hydrogen-bond acceptors (Lipinski definition) is 6. The van der Waals surface area contributed by atoms with E-state index in [0.29, 0.717) is 23.5 Å². The first kappa shape index (κ1) is 20.1. The van der Waals surface area contributed by atoms with Crippen LogP contribution >= 0.6 is 0 Å². The standard InChI is InChI=1S/C20H29FN4O3/c1-14-17(22-2)20(27)25(19(14)26)9-5-8-23-10-12-24(13-11-23)16-7-4-6-15(21)18(16)28-3/h4,6-7,22,26-27H,5,8-13H2,1-3H3. The van der Waals surface area contributed by atoms with Crippen molar-refractivity contribution in [1.29, 1.82) is 0 Å². The predicted molar refractivity (Wildman–Crippen MR) is 108 cm³/mol. The third-order valence-corrected chi connectivity index (χ3v) is 5.41. The summed E-state index contributed by atoms with van der Waals surface area (Å²) < 4.78 is 20.7. The highest BCUT2D eigenvalue weighted by Gasteiger charge is 2.22. The van der Waals surface area contributed by atoms with Gasteiger partial charge in [0, 0.05) is 45.3 Å². The zero-order valence-electron chi connectivity index (χ0n) is 16.7. The van der Waals surface area contributed by atoms with Crippen LogP contribution in [0.5, 0.6) is 17.5 Å². The summed E-state index contributed by atoms with van der Waals surface area (Å²) in [7, 11) is 3.21. The van der Waals surface area contributed by atoms with Crippen molar-refractivity contribution in [2.45, 2.75) is 19.9 Å². The van der Waals surface area contributed by atoms with Gasteiger partial charge in [-0.15, -0.1) is 0 Å². The average molecular weight is 392 g/mol. The van der Waals surface area contributed by atoms with Crippen LogP contribution < -0.4 is 15.0 Å². The van der Waals surface area contributed by atoms with Gasteiger partial charge in [0.05, 0.1) is 12.8 Å². The second-order valence-corrected chi connectivity index (χ2v) is 7.02. The molecule has 0 radical (unpaired) electrons. The molecule has 0 amide bonds. The molecule has 3 N–H and O–H groups in total. The summed E-state index contributed by atoms with van der Waals surface area (Å²) in [6.45, 7) is 6.49. The number of para-hydroxylation sites is 1. The minimum Gasteiger partial charge on any atom is -0.494 e. The van der Waals surface area contributed by atoms with Gasteiger partial charge in [-0.2, -0.15) is 0 Å². The molecule has 0 aliphatic carbocycles. The number of ether oxygens (including phenoxy) is 1. The first-order valence-electron chi connectivity index (χ1n) is 9.56. The van der Waals surface area contributed by atoms with E-state index in [1.165, 1.54) is 17.7 Å². The van der Waals surface area contributed by atoms with Gasteiger partial charge in [-0.25, -0.2) is 4.39 Å². The van der Waals surface area contributed by atoms with Crippen molar-refractivity contribution in [3.63, 3.8) is 0 Å². The fourth-order valence-electron chi connectivity index (χ4n) is 3.84. The molecule has 1 saturated heterocycles. The van der Waals surface area contributed by atoms with E-state index in [1.54, 1.807) is 20.0 Å². The minimum atomic E-state index is -0.343. The normalized spacial score (nSPS) is 15.1. The molecule has 2 aromatic rings. The zero-order valence-corrected chi connectivity index (χ0v) is 16.7. The maximum absolute atomic E-state index is 13.9. The summed E-state index contributed by atoms with van der Waals surface area (Å²) in [6, 6.07) is 5.00. The monoisotopic (exact) mass is 392 g/mol. The highest BCUT2D eigenvalue weighted by atomic mass is 19.1. The van der Waals surface area contributed by atoms with Crippen LogP contribution in [0.4, 0.5) is 15.8 Å². The minimum absolute atomic E-state index is 0.0699. The van der Waals surface area contributed by atoms with Crippen molar-refractivity contribution < 1.29 is 19.3 Å². The molecule has 1 aromatic heterocycles. The van der Waals surface area contributed by atoms with E-state index in [9.17, 15) is 14.6 Å². The summed E-state index contributed by atoms with van der Waals surface area (Å²) in [5.74, 6) is 0.126. The molecule has 1 aliphatic heterocycles. The molecule has 3 rings (SSSR count). The Labute approximate surface area is 164 Å². The van der Waals surface area contributed by atoms with Gasteiger partial charge in [0.15, 0.2) is 17.4 Å². The van der Waals surface area contributed by atoms with Gasteiger partial charge in [0.2, 0.25) is 5.88 Å². The Morgan fingerprint density at radius 3 is 2.43 bits per heavy atom. The van der Waals surface area contributed by atoms with Gasteiger partial charge in [0.1, 0.15) is 5.69 Å². The number of methoxy groups -OCH3 is 1. The lowest BCUT2D eigenvalue weighted by atomic mass is 10.2. The lowest BCUT2D eigenvalue weighted by molar-refractivity contribution is 0.245. The van der Waals surface area contributed by atoms with Crippen LogP contribution in [-0.4, -0.2) is 66.6 Å². The number of hydrogen-bond donors (Lipinski definition) is 3. The molecule has 1 fully saturated rings. The molecule has 0 saturated carbocycles. The number of nitrogens with one attached hydrogen (secondary N) is 1. The second kappa shape index (κ2) is 8.60. The molecule has 0 spiro atoms. The van der Waals surface area contributed by atoms with Crippen LogP contribution in [0.2, 0.25) is 0 Å². The van der Waals surface area contributed by atoms with Gasteiger partial charge in [-0.05, 0) is 32.0 Å². The van der Waals surface area contributed by atoms with Gasteiger partial charge >= 0.3 is 0 Å². The molecule has 0 atom stereocenters. The fraction of sp³-hybridized carbons (Fsp3) is 0.500. The molecule has 0 unspecified atom stereocenters. The van der Waals surface area contributed by atoms with E-state index in [1.807, 2.05) is 6.07 Å². The van der Waals surface area contributed by atoms with Crippen LogP contribution in [0.25, 0.3) is 0 Å². The van der Waals surface area contributed by atoms with Crippen molar-refractivity contribution in [3.05, 3.63) is 29.6 Å². The molecular formula is C20H29FN4O3. The highest BCUT2D eigenvalue weighted by Crippen LogP contribution is 2.37. The Morgan fingerprint density at radius 2 is 1.82 bits per heavy atom. The Bertz CT molecular complexity index is 816. The zero-order chi connectivity index (χ0) is 20.3. The Balaban J connectivity index is 1.53. The first-order chi connectivity index (χ1) is 13.5. The lowest BCUT2D eigenvalue weighted by Gasteiger charge is -2.36. The van der Waals surface area contributed by atoms with Crippen LogP contribution in [0, 0.1) is 12.7 Å². The van der Waals surface area contributed by atoms with Crippen molar-refractivity contribution in [1.82, 2.24) is 9.47 Å². The first-order valence-corrected chi connectivity index (χ1v) is 9.56. The molecule has 2 heterocycles. The number of piperazine rings is 1. The maximum Gasteiger partial charge on any atom is 0.218 e. The van der Waals surface area contributed by atoms with Crippen LogP contribution in [-0.2, 0) is 6.54 Å². The van der Waals surface area contributed by atoms with Crippen LogP contribution in [0.1, 0.15) is 12.0 Å². The predicted octanol–water partition coefficient (Wildman–Crippen LogP) is 2.61. The summed E-state index contributed by atoms with van der Waals surface area (Å²) in [5.41, 5.74) is 2.01. The van der Waals surface area contributed by atoms with E-state index < -0.39 is 0 Å². The van der Waals surface area contributed by atoms with Crippen molar-refractivity contribution in [2.24, 2.45) is 0 Å². The van der Waals surface area contributed by atoms with Gasteiger partial charge in [-0.3, -0.25) is 9.47 Å². The molecule has 8 heteroatoms. The summed E-state index contributed by atoms with van der Waals surface area (Å²) in [5, 5.41) is 23.4. The largest absolute Gasteiger partial charge is 0.494 e. The van der Waals surface area contributed by atoms with E-state index in [0.717, 1.165) is 44.8 Å². The molecule has 7 nitrogen and oxygen atoms in total. The Kier molecular flexibility index (Phi) is 6.18. The fourth-order valence-corrected chi connectivity index (χ4v) is 3.84.